The molecular weight excluding hydrogens is 246 g/mol. The number of benzene rings is 1. The third kappa shape index (κ3) is 3.34. The van der Waals surface area contributed by atoms with Crippen LogP contribution in [-0.2, 0) is 6.54 Å². The summed E-state index contributed by atoms with van der Waals surface area (Å²) in [5.74, 6) is 0. The first-order valence-electron chi connectivity index (χ1n) is 6.09. The van der Waals surface area contributed by atoms with Crippen LogP contribution in [-0.4, -0.2) is 9.78 Å². The molecule has 1 aromatic carbocycles. The molecule has 1 heterocycles. The Balaban J connectivity index is 0.00000162. The van der Waals surface area contributed by atoms with E-state index in [1.54, 1.807) is 0 Å². The van der Waals surface area contributed by atoms with Crippen LogP contribution < -0.4 is 5.73 Å². The molecule has 3 nitrogen and oxygen atoms in total. The van der Waals surface area contributed by atoms with E-state index in [4.69, 9.17) is 5.73 Å². The summed E-state index contributed by atoms with van der Waals surface area (Å²) in [7, 11) is 0. The van der Waals surface area contributed by atoms with Gasteiger partial charge in [0.15, 0.2) is 0 Å². The molecule has 0 bridgehead atoms. The third-order valence-corrected chi connectivity index (χ3v) is 2.86. The highest BCUT2D eigenvalue weighted by molar-refractivity contribution is 5.85. The monoisotopic (exact) mass is 265 g/mol. The smallest absolute Gasteiger partial charge is 0.0568 e. The normalized spacial score (nSPS) is 11.9. The molecule has 0 aliphatic carbocycles. The van der Waals surface area contributed by atoms with Crippen molar-refractivity contribution in [1.82, 2.24) is 9.78 Å². The predicted octanol–water partition coefficient (Wildman–Crippen LogP) is 3.40. The molecule has 2 rings (SSSR count). The highest BCUT2D eigenvalue weighted by Crippen LogP contribution is 2.20. The van der Waals surface area contributed by atoms with Gasteiger partial charge in [0.1, 0.15) is 0 Å². The molecule has 98 valence electrons. The fourth-order valence-corrected chi connectivity index (χ4v) is 1.84. The second-order valence-electron chi connectivity index (χ2n) is 4.40. The molecule has 2 aromatic rings. The van der Waals surface area contributed by atoms with E-state index in [1.165, 1.54) is 5.56 Å². The summed E-state index contributed by atoms with van der Waals surface area (Å²) in [6, 6.07) is 8.46. The van der Waals surface area contributed by atoms with E-state index in [9.17, 15) is 0 Å². The van der Waals surface area contributed by atoms with Gasteiger partial charge in [0.25, 0.3) is 0 Å². The zero-order chi connectivity index (χ0) is 12.3. The molecule has 4 heteroatoms. The maximum Gasteiger partial charge on any atom is 0.0568 e. The molecule has 18 heavy (non-hydrogen) atoms. The zero-order valence-corrected chi connectivity index (χ0v) is 11.7. The zero-order valence-electron chi connectivity index (χ0n) is 10.8. The van der Waals surface area contributed by atoms with Crippen LogP contribution in [0.25, 0.3) is 11.1 Å². The quantitative estimate of drug-likeness (QED) is 0.921. The van der Waals surface area contributed by atoms with E-state index >= 15 is 0 Å². The Labute approximate surface area is 114 Å². The highest BCUT2D eigenvalue weighted by Gasteiger charge is 2.03. The fraction of sp³-hybridized carbons (Fsp3) is 0.357. The lowest BCUT2D eigenvalue weighted by atomic mass is 10.0. The average Bonchev–Trinajstić information content (AvgIpc) is 2.78. The Hall–Kier alpha value is -1.32. The van der Waals surface area contributed by atoms with Crippen LogP contribution in [0.2, 0.25) is 0 Å². The standard InChI is InChI=1S/C14H19N3.ClH/c1-3-8-17-10-14(9-16-17)13-6-4-12(5-7-13)11(2)15;/h4-7,9-11H,3,8,15H2,1-2H3;1H. The van der Waals surface area contributed by atoms with Crippen molar-refractivity contribution in [3.8, 4) is 11.1 Å². The lowest BCUT2D eigenvalue weighted by Gasteiger charge is -2.05. The van der Waals surface area contributed by atoms with Crippen LogP contribution in [0.15, 0.2) is 36.7 Å². The lowest BCUT2D eigenvalue weighted by molar-refractivity contribution is 0.603. The van der Waals surface area contributed by atoms with Gasteiger partial charge in [-0.25, -0.2) is 0 Å². The summed E-state index contributed by atoms with van der Waals surface area (Å²) in [6.07, 6.45) is 5.10. The van der Waals surface area contributed by atoms with Crippen molar-refractivity contribution >= 4 is 12.4 Å². The molecule has 2 N–H and O–H groups in total. The highest BCUT2D eigenvalue weighted by atomic mass is 35.5. The molecule has 0 aliphatic heterocycles. The number of rotatable bonds is 4. The Bertz CT molecular complexity index is 474. The van der Waals surface area contributed by atoms with E-state index in [0.29, 0.717) is 0 Å². The summed E-state index contributed by atoms with van der Waals surface area (Å²) in [5.41, 5.74) is 9.34. The Morgan fingerprint density at radius 3 is 2.44 bits per heavy atom. The number of halogens is 1. The second-order valence-corrected chi connectivity index (χ2v) is 4.40. The minimum Gasteiger partial charge on any atom is -0.324 e. The van der Waals surface area contributed by atoms with Gasteiger partial charge in [-0.05, 0) is 24.5 Å². The van der Waals surface area contributed by atoms with Crippen LogP contribution in [0.5, 0.6) is 0 Å². The van der Waals surface area contributed by atoms with Crippen molar-refractivity contribution in [3.05, 3.63) is 42.2 Å². The number of nitrogens with zero attached hydrogens (tertiary/aromatic N) is 2. The van der Waals surface area contributed by atoms with Crippen LogP contribution in [0.1, 0.15) is 31.9 Å². The third-order valence-electron chi connectivity index (χ3n) is 2.86. The molecule has 0 spiro atoms. The van der Waals surface area contributed by atoms with Crippen molar-refractivity contribution in [3.63, 3.8) is 0 Å². The molecule has 1 aromatic heterocycles. The Morgan fingerprint density at radius 1 is 1.22 bits per heavy atom. The van der Waals surface area contributed by atoms with Gasteiger partial charge in [-0.1, -0.05) is 31.2 Å². The molecule has 1 unspecified atom stereocenters. The maximum atomic E-state index is 5.83. The van der Waals surface area contributed by atoms with Gasteiger partial charge in [-0.15, -0.1) is 12.4 Å². The molecular formula is C14H20ClN3. The summed E-state index contributed by atoms with van der Waals surface area (Å²) >= 11 is 0. The van der Waals surface area contributed by atoms with Crippen molar-refractivity contribution in [2.45, 2.75) is 32.9 Å². The minimum absolute atomic E-state index is 0. The number of hydrogen-bond donors (Lipinski definition) is 1. The maximum absolute atomic E-state index is 5.83. The molecule has 0 saturated heterocycles. The summed E-state index contributed by atoms with van der Waals surface area (Å²) in [6.45, 7) is 5.12. The van der Waals surface area contributed by atoms with Crippen LogP contribution >= 0.6 is 12.4 Å². The van der Waals surface area contributed by atoms with E-state index < -0.39 is 0 Å². The van der Waals surface area contributed by atoms with Gasteiger partial charge >= 0.3 is 0 Å². The van der Waals surface area contributed by atoms with E-state index in [0.717, 1.165) is 24.1 Å². The second kappa shape index (κ2) is 6.57. The predicted molar refractivity (Wildman–Crippen MR) is 77.8 cm³/mol. The summed E-state index contributed by atoms with van der Waals surface area (Å²) in [4.78, 5) is 0. The first kappa shape index (κ1) is 14.7. The molecule has 0 fully saturated rings. The van der Waals surface area contributed by atoms with Gasteiger partial charge in [-0.3, -0.25) is 4.68 Å². The fourth-order valence-electron chi connectivity index (χ4n) is 1.84. The number of aryl methyl sites for hydroxylation is 1. The van der Waals surface area contributed by atoms with Crippen LogP contribution in [0.3, 0.4) is 0 Å². The van der Waals surface area contributed by atoms with Gasteiger partial charge in [0.05, 0.1) is 6.20 Å². The Morgan fingerprint density at radius 2 is 1.89 bits per heavy atom. The first-order valence-corrected chi connectivity index (χ1v) is 6.09. The van der Waals surface area contributed by atoms with Gasteiger partial charge < -0.3 is 5.73 Å². The number of aromatic nitrogens is 2. The molecule has 0 saturated carbocycles. The molecule has 0 aliphatic rings. The van der Waals surface area contributed by atoms with E-state index in [-0.39, 0.29) is 18.4 Å². The minimum atomic E-state index is 0. The molecule has 0 amide bonds. The van der Waals surface area contributed by atoms with Crippen LogP contribution in [0, 0.1) is 0 Å². The summed E-state index contributed by atoms with van der Waals surface area (Å²) < 4.78 is 1.98. The first-order chi connectivity index (χ1) is 8.20. The van der Waals surface area contributed by atoms with Crippen molar-refractivity contribution in [1.29, 1.82) is 0 Å². The van der Waals surface area contributed by atoms with Gasteiger partial charge in [0, 0.05) is 24.3 Å². The van der Waals surface area contributed by atoms with E-state index in [1.807, 2.05) is 17.8 Å². The average molecular weight is 266 g/mol. The molecule has 1 atom stereocenters. The van der Waals surface area contributed by atoms with Crippen molar-refractivity contribution < 1.29 is 0 Å². The lowest BCUT2D eigenvalue weighted by Crippen LogP contribution is -2.04. The molecule has 0 radical (unpaired) electrons. The van der Waals surface area contributed by atoms with Crippen molar-refractivity contribution in [2.75, 3.05) is 0 Å². The van der Waals surface area contributed by atoms with Crippen LogP contribution in [0.4, 0.5) is 0 Å². The topological polar surface area (TPSA) is 43.8 Å². The SMILES string of the molecule is CCCn1cc(-c2ccc(C(C)N)cc2)cn1.Cl. The number of hydrogen-bond acceptors (Lipinski definition) is 2. The van der Waals surface area contributed by atoms with Gasteiger partial charge in [0.2, 0.25) is 0 Å². The summed E-state index contributed by atoms with van der Waals surface area (Å²) in [5, 5.41) is 4.33. The van der Waals surface area contributed by atoms with Crippen molar-refractivity contribution in [2.24, 2.45) is 5.73 Å². The number of nitrogens with two attached hydrogens (primary N) is 1. The largest absolute Gasteiger partial charge is 0.324 e. The Kier molecular flexibility index (Phi) is 5.38. The van der Waals surface area contributed by atoms with Gasteiger partial charge in [-0.2, -0.15) is 5.10 Å². The van der Waals surface area contributed by atoms with E-state index in [2.05, 4.69) is 42.5 Å².